The molecule has 0 bridgehead atoms. The maximum absolute atomic E-state index is 11.6. The molecule has 0 aliphatic heterocycles. The third-order valence-corrected chi connectivity index (χ3v) is 5.64. The van der Waals surface area contributed by atoms with Crippen LogP contribution in [-0.4, -0.2) is 40.3 Å². The van der Waals surface area contributed by atoms with Crippen LogP contribution in [0.2, 0.25) is 0 Å². The molecule has 0 saturated heterocycles. The highest BCUT2D eigenvalue weighted by Crippen LogP contribution is 2.25. The minimum Gasteiger partial charge on any atom is -0.367 e. The number of hydrogen-bond acceptors (Lipinski definition) is 7. The largest absolute Gasteiger partial charge is 0.367 e. The molecule has 2 heterocycles. The molecule has 9 heteroatoms. The van der Waals surface area contributed by atoms with Gasteiger partial charge in [0.15, 0.2) is 9.84 Å². The van der Waals surface area contributed by atoms with E-state index in [1.807, 2.05) is 6.07 Å². The van der Waals surface area contributed by atoms with E-state index in [0.717, 1.165) is 24.3 Å². The summed E-state index contributed by atoms with van der Waals surface area (Å²) in [4.78, 5) is 8.97. The van der Waals surface area contributed by atoms with Crippen molar-refractivity contribution in [3.05, 3.63) is 36.7 Å². The van der Waals surface area contributed by atoms with Gasteiger partial charge in [0, 0.05) is 24.1 Å². The Bertz CT molecular complexity index is 1020. The lowest BCUT2D eigenvalue weighted by atomic mass is 10.2. The Morgan fingerprint density at radius 2 is 1.88 bits per heavy atom. The highest BCUT2D eigenvalue weighted by molar-refractivity contribution is 7.90. The van der Waals surface area contributed by atoms with Crippen molar-refractivity contribution in [1.29, 1.82) is 0 Å². The molecule has 1 aliphatic carbocycles. The topological polar surface area (TPSA) is 101 Å². The number of nitrogens with zero attached hydrogens (tertiary/aromatic N) is 4. The van der Waals surface area contributed by atoms with Gasteiger partial charge < -0.3 is 10.6 Å². The van der Waals surface area contributed by atoms with Crippen LogP contribution in [-0.2, 0) is 9.84 Å². The molecule has 1 fully saturated rings. The second-order valence-electron chi connectivity index (χ2n) is 6.55. The molecule has 0 atom stereocenters. The normalized spacial score (nSPS) is 15.4. The van der Waals surface area contributed by atoms with E-state index in [0.29, 0.717) is 17.6 Å². The van der Waals surface area contributed by atoms with Crippen molar-refractivity contribution in [1.82, 2.24) is 19.6 Å². The van der Waals surface area contributed by atoms with Gasteiger partial charge in [0.25, 0.3) is 5.78 Å². The smallest absolute Gasteiger partial charge is 0.256 e. The molecule has 1 aliphatic rings. The fourth-order valence-electron chi connectivity index (χ4n) is 3.19. The van der Waals surface area contributed by atoms with Gasteiger partial charge in [-0.1, -0.05) is 12.8 Å². The summed E-state index contributed by atoms with van der Waals surface area (Å²) in [6.45, 7) is 0. The Labute approximate surface area is 151 Å². The molecule has 0 amide bonds. The van der Waals surface area contributed by atoms with Crippen LogP contribution in [0.3, 0.4) is 0 Å². The van der Waals surface area contributed by atoms with Gasteiger partial charge in [-0.3, -0.25) is 0 Å². The first-order chi connectivity index (χ1) is 12.5. The van der Waals surface area contributed by atoms with Gasteiger partial charge in [-0.05, 0) is 37.1 Å². The van der Waals surface area contributed by atoms with Crippen LogP contribution in [0, 0.1) is 0 Å². The van der Waals surface area contributed by atoms with Crippen molar-refractivity contribution in [2.24, 2.45) is 0 Å². The van der Waals surface area contributed by atoms with Gasteiger partial charge in [0.1, 0.15) is 18.0 Å². The van der Waals surface area contributed by atoms with Crippen molar-refractivity contribution in [3.63, 3.8) is 0 Å². The molecule has 0 radical (unpaired) electrons. The summed E-state index contributed by atoms with van der Waals surface area (Å²) in [7, 11) is -3.21. The molecule has 136 valence electrons. The highest BCUT2D eigenvalue weighted by atomic mass is 32.2. The lowest BCUT2D eigenvalue weighted by Crippen LogP contribution is -2.16. The number of nitrogens with one attached hydrogen (secondary N) is 2. The first kappa shape index (κ1) is 16.8. The number of rotatable bonds is 5. The molecule has 2 N–H and O–H groups in total. The summed E-state index contributed by atoms with van der Waals surface area (Å²) in [5, 5.41) is 10.9. The standard InChI is InChI=1S/C17H20N6O2S/c1-26(24,25)14-8-6-13(7-9-14)21-16-10-15(20-12-4-2-3-5-12)22-17-18-11-19-23(16)17/h6-12,21H,2-5H2,1H3,(H,18,19,20,22). The van der Waals surface area contributed by atoms with Gasteiger partial charge in [-0.15, -0.1) is 0 Å². The maximum Gasteiger partial charge on any atom is 0.256 e. The molecular formula is C17H20N6O2S. The first-order valence-electron chi connectivity index (χ1n) is 8.53. The zero-order valence-electron chi connectivity index (χ0n) is 14.4. The Morgan fingerprint density at radius 1 is 1.15 bits per heavy atom. The molecule has 26 heavy (non-hydrogen) atoms. The van der Waals surface area contributed by atoms with Crippen LogP contribution in [0.4, 0.5) is 17.3 Å². The zero-order chi connectivity index (χ0) is 18.1. The third-order valence-electron chi connectivity index (χ3n) is 4.51. The lowest BCUT2D eigenvalue weighted by molar-refractivity contribution is 0.602. The summed E-state index contributed by atoms with van der Waals surface area (Å²) < 4.78 is 24.8. The lowest BCUT2D eigenvalue weighted by Gasteiger charge is -2.15. The van der Waals surface area contributed by atoms with Crippen molar-refractivity contribution < 1.29 is 8.42 Å². The monoisotopic (exact) mass is 372 g/mol. The number of anilines is 3. The first-order valence-corrected chi connectivity index (χ1v) is 10.4. The highest BCUT2D eigenvalue weighted by Gasteiger charge is 2.16. The molecule has 1 aromatic carbocycles. The number of sulfone groups is 1. The van der Waals surface area contributed by atoms with Crippen molar-refractivity contribution >= 4 is 32.9 Å². The predicted molar refractivity (Wildman–Crippen MR) is 99.5 cm³/mol. The van der Waals surface area contributed by atoms with Gasteiger partial charge in [0.2, 0.25) is 0 Å². The third kappa shape index (κ3) is 3.48. The van der Waals surface area contributed by atoms with Crippen LogP contribution >= 0.6 is 0 Å². The quantitative estimate of drug-likeness (QED) is 0.710. The second kappa shape index (κ2) is 6.56. The fraction of sp³-hybridized carbons (Fsp3) is 0.353. The summed E-state index contributed by atoms with van der Waals surface area (Å²) in [6, 6.07) is 8.94. The molecule has 2 aromatic heterocycles. The molecule has 0 spiro atoms. The van der Waals surface area contributed by atoms with E-state index in [1.54, 1.807) is 28.8 Å². The number of hydrogen-bond donors (Lipinski definition) is 2. The van der Waals surface area contributed by atoms with Crippen LogP contribution in [0.5, 0.6) is 0 Å². The van der Waals surface area contributed by atoms with Crippen LogP contribution < -0.4 is 10.6 Å². The van der Waals surface area contributed by atoms with E-state index in [1.165, 1.54) is 25.4 Å². The Kier molecular flexibility index (Phi) is 4.23. The number of benzene rings is 1. The molecule has 3 aromatic rings. The maximum atomic E-state index is 11.6. The number of fused-ring (bicyclic) bond motifs is 1. The Morgan fingerprint density at radius 3 is 2.58 bits per heavy atom. The molecule has 1 saturated carbocycles. The average Bonchev–Trinajstić information content (AvgIpc) is 3.26. The average molecular weight is 372 g/mol. The van der Waals surface area contributed by atoms with Crippen LogP contribution in [0.15, 0.2) is 41.6 Å². The predicted octanol–water partition coefficient (Wildman–Crippen LogP) is 2.63. The van der Waals surface area contributed by atoms with E-state index in [9.17, 15) is 8.42 Å². The minimum atomic E-state index is -3.21. The Balaban J connectivity index is 1.63. The van der Waals surface area contributed by atoms with Crippen molar-refractivity contribution in [3.8, 4) is 0 Å². The SMILES string of the molecule is CS(=O)(=O)c1ccc(Nc2cc(NC3CCCC3)nc3ncnn23)cc1. The molecule has 4 rings (SSSR count). The second-order valence-corrected chi connectivity index (χ2v) is 8.56. The van der Waals surface area contributed by atoms with E-state index < -0.39 is 9.84 Å². The van der Waals surface area contributed by atoms with E-state index in [-0.39, 0.29) is 4.90 Å². The molecule has 0 unspecified atom stereocenters. The van der Waals surface area contributed by atoms with Crippen LogP contribution in [0.1, 0.15) is 25.7 Å². The fourth-order valence-corrected chi connectivity index (χ4v) is 3.82. The minimum absolute atomic E-state index is 0.285. The Hall–Kier alpha value is -2.68. The molecule has 8 nitrogen and oxygen atoms in total. The van der Waals surface area contributed by atoms with Gasteiger partial charge in [-0.2, -0.15) is 19.6 Å². The summed E-state index contributed by atoms with van der Waals surface area (Å²) in [5.41, 5.74) is 0.757. The van der Waals surface area contributed by atoms with E-state index >= 15 is 0 Å². The summed E-state index contributed by atoms with van der Waals surface area (Å²) >= 11 is 0. The van der Waals surface area contributed by atoms with Gasteiger partial charge in [-0.25, -0.2) is 8.42 Å². The summed E-state index contributed by atoms with van der Waals surface area (Å²) in [5.74, 6) is 1.97. The van der Waals surface area contributed by atoms with Crippen molar-refractivity contribution in [2.45, 2.75) is 36.6 Å². The zero-order valence-corrected chi connectivity index (χ0v) is 15.2. The number of aromatic nitrogens is 4. The summed E-state index contributed by atoms with van der Waals surface area (Å²) in [6.07, 6.45) is 7.42. The van der Waals surface area contributed by atoms with Crippen LogP contribution in [0.25, 0.3) is 5.78 Å². The van der Waals surface area contributed by atoms with Crippen molar-refractivity contribution in [2.75, 3.05) is 16.9 Å². The van der Waals surface area contributed by atoms with E-state index in [2.05, 4.69) is 25.7 Å². The molecular weight excluding hydrogens is 352 g/mol. The van der Waals surface area contributed by atoms with Gasteiger partial charge in [0.05, 0.1) is 4.90 Å². The van der Waals surface area contributed by atoms with Gasteiger partial charge >= 0.3 is 0 Å². The van der Waals surface area contributed by atoms with E-state index in [4.69, 9.17) is 0 Å².